The van der Waals surface area contributed by atoms with Crippen LogP contribution in [0.4, 0.5) is 4.79 Å². The van der Waals surface area contributed by atoms with Crippen LogP contribution in [0.1, 0.15) is 11.5 Å². The number of benzene rings is 1. The third-order valence-corrected chi connectivity index (χ3v) is 3.61. The molecule has 2 unspecified atom stereocenters. The summed E-state index contributed by atoms with van der Waals surface area (Å²) in [4.78, 5) is 24.4. The molecule has 1 amide bonds. The molecule has 1 aromatic rings. The lowest BCUT2D eigenvalue weighted by atomic mass is 9.88. The first kappa shape index (κ1) is 14.2. The summed E-state index contributed by atoms with van der Waals surface area (Å²) >= 11 is 0. The van der Waals surface area contributed by atoms with Crippen LogP contribution in [0, 0.1) is 5.92 Å². The zero-order chi connectivity index (χ0) is 14.7. The SMILES string of the molecule is COC(=O)N1CC(C(=O)O)C(c2ccccc2OC)C1. The zero-order valence-corrected chi connectivity index (χ0v) is 11.4. The fourth-order valence-electron chi connectivity index (χ4n) is 2.62. The number of rotatable bonds is 3. The minimum Gasteiger partial charge on any atom is -0.496 e. The summed E-state index contributed by atoms with van der Waals surface area (Å²) in [5.41, 5.74) is 0.800. The molecular weight excluding hydrogens is 262 g/mol. The van der Waals surface area contributed by atoms with Crippen molar-refractivity contribution < 1.29 is 24.2 Å². The third-order valence-electron chi connectivity index (χ3n) is 3.61. The smallest absolute Gasteiger partial charge is 0.409 e. The van der Waals surface area contributed by atoms with Crippen LogP contribution in [0.15, 0.2) is 24.3 Å². The Kier molecular flexibility index (Phi) is 4.12. The molecule has 0 aromatic heterocycles. The summed E-state index contributed by atoms with van der Waals surface area (Å²) in [6.45, 7) is 0.453. The van der Waals surface area contributed by atoms with Crippen LogP contribution in [0.2, 0.25) is 0 Å². The van der Waals surface area contributed by atoms with Gasteiger partial charge in [-0.1, -0.05) is 18.2 Å². The first-order valence-electron chi connectivity index (χ1n) is 6.27. The first-order chi connectivity index (χ1) is 9.58. The number of aliphatic carboxylic acids is 1. The lowest BCUT2D eigenvalue weighted by Gasteiger charge is -2.18. The molecule has 1 heterocycles. The number of nitrogens with zero attached hydrogens (tertiary/aromatic N) is 1. The Balaban J connectivity index is 2.33. The number of carboxylic acid groups (broad SMARTS) is 1. The predicted octanol–water partition coefficient (Wildman–Crippen LogP) is 1.56. The van der Waals surface area contributed by atoms with Crippen molar-refractivity contribution in [1.82, 2.24) is 4.90 Å². The molecule has 2 atom stereocenters. The number of amides is 1. The number of carbonyl (C=O) groups is 2. The van der Waals surface area contributed by atoms with E-state index in [1.165, 1.54) is 12.0 Å². The van der Waals surface area contributed by atoms with Crippen molar-refractivity contribution >= 4 is 12.1 Å². The van der Waals surface area contributed by atoms with Gasteiger partial charge < -0.3 is 19.5 Å². The largest absolute Gasteiger partial charge is 0.496 e. The van der Waals surface area contributed by atoms with Gasteiger partial charge in [0, 0.05) is 19.0 Å². The lowest BCUT2D eigenvalue weighted by Crippen LogP contribution is -2.29. The van der Waals surface area contributed by atoms with Gasteiger partial charge in [0.05, 0.1) is 20.1 Å². The van der Waals surface area contributed by atoms with E-state index in [4.69, 9.17) is 4.74 Å². The van der Waals surface area contributed by atoms with E-state index >= 15 is 0 Å². The van der Waals surface area contributed by atoms with E-state index in [-0.39, 0.29) is 12.5 Å². The van der Waals surface area contributed by atoms with Crippen molar-refractivity contribution in [2.24, 2.45) is 5.92 Å². The molecule has 108 valence electrons. The fraction of sp³-hybridized carbons (Fsp3) is 0.429. The van der Waals surface area contributed by atoms with Crippen LogP contribution < -0.4 is 4.74 Å². The highest BCUT2D eigenvalue weighted by Gasteiger charge is 2.41. The van der Waals surface area contributed by atoms with Crippen LogP contribution in [-0.2, 0) is 9.53 Å². The van der Waals surface area contributed by atoms with Gasteiger partial charge in [-0.2, -0.15) is 0 Å². The summed E-state index contributed by atoms with van der Waals surface area (Å²) in [5.74, 6) is -1.25. The van der Waals surface area contributed by atoms with Gasteiger partial charge in [0.15, 0.2) is 0 Å². The van der Waals surface area contributed by atoms with Crippen molar-refractivity contribution in [3.8, 4) is 5.75 Å². The van der Waals surface area contributed by atoms with Crippen LogP contribution in [0.5, 0.6) is 5.75 Å². The fourth-order valence-corrected chi connectivity index (χ4v) is 2.62. The third kappa shape index (κ3) is 2.54. The minimum absolute atomic E-state index is 0.144. The predicted molar refractivity (Wildman–Crippen MR) is 70.8 cm³/mol. The van der Waals surface area contributed by atoms with Crippen molar-refractivity contribution in [2.75, 3.05) is 27.3 Å². The number of ether oxygens (including phenoxy) is 2. The molecule has 20 heavy (non-hydrogen) atoms. The Hall–Kier alpha value is -2.24. The highest BCUT2D eigenvalue weighted by molar-refractivity contribution is 5.76. The molecule has 1 saturated heterocycles. The van der Waals surface area contributed by atoms with Crippen molar-refractivity contribution in [3.05, 3.63) is 29.8 Å². The average molecular weight is 279 g/mol. The maximum atomic E-state index is 11.6. The molecule has 0 saturated carbocycles. The van der Waals surface area contributed by atoms with Gasteiger partial charge in [0.2, 0.25) is 0 Å². The zero-order valence-electron chi connectivity index (χ0n) is 11.4. The molecule has 0 bridgehead atoms. The highest BCUT2D eigenvalue weighted by Crippen LogP contribution is 2.37. The van der Waals surface area contributed by atoms with Crippen LogP contribution in [-0.4, -0.2) is 49.4 Å². The molecule has 6 nitrogen and oxygen atoms in total. The van der Waals surface area contributed by atoms with Gasteiger partial charge in [0.1, 0.15) is 5.75 Å². The van der Waals surface area contributed by atoms with Gasteiger partial charge in [-0.3, -0.25) is 4.79 Å². The van der Waals surface area contributed by atoms with E-state index in [0.29, 0.717) is 12.3 Å². The summed E-state index contributed by atoms with van der Waals surface area (Å²) in [6, 6.07) is 7.28. The number of para-hydroxylation sites is 1. The number of hydrogen-bond donors (Lipinski definition) is 1. The van der Waals surface area contributed by atoms with Crippen LogP contribution >= 0.6 is 0 Å². The number of hydrogen-bond acceptors (Lipinski definition) is 4. The number of methoxy groups -OCH3 is 2. The monoisotopic (exact) mass is 279 g/mol. The Labute approximate surface area is 116 Å². The second kappa shape index (κ2) is 5.81. The highest BCUT2D eigenvalue weighted by atomic mass is 16.5. The summed E-state index contributed by atoms with van der Waals surface area (Å²) in [5, 5.41) is 9.36. The molecule has 1 aliphatic rings. The van der Waals surface area contributed by atoms with E-state index in [9.17, 15) is 14.7 Å². The van der Waals surface area contributed by atoms with Crippen molar-refractivity contribution in [2.45, 2.75) is 5.92 Å². The van der Waals surface area contributed by atoms with Crippen LogP contribution in [0.25, 0.3) is 0 Å². The Morgan fingerprint density at radius 1 is 1.25 bits per heavy atom. The van der Waals surface area contributed by atoms with Gasteiger partial charge in [-0.05, 0) is 11.6 Å². The van der Waals surface area contributed by atoms with Gasteiger partial charge in [-0.15, -0.1) is 0 Å². The summed E-state index contributed by atoms with van der Waals surface area (Å²) in [6.07, 6.45) is -0.506. The summed E-state index contributed by atoms with van der Waals surface area (Å²) < 4.78 is 9.95. The molecule has 0 spiro atoms. The first-order valence-corrected chi connectivity index (χ1v) is 6.27. The van der Waals surface area contributed by atoms with E-state index in [1.807, 2.05) is 18.2 Å². The quantitative estimate of drug-likeness (QED) is 0.908. The Morgan fingerprint density at radius 3 is 2.55 bits per heavy atom. The van der Waals surface area contributed by atoms with E-state index in [0.717, 1.165) is 5.56 Å². The lowest BCUT2D eigenvalue weighted by molar-refractivity contribution is -0.141. The van der Waals surface area contributed by atoms with E-state index < -0.39 is 18.0 Å². The normalized spacial score (nSPS) is 21.6. The summed E-state index contributed by atoms with van der Waals surface area (Å²) in [7, 11) is 2.83. The number of likely N-dealkylation sites (tertiary alicyclic amines) is 1. The molecule has 6 heteroatoms. The average Bonchev–Trinajstić information content (AvgIpc) is 2.91. The number of carboxylic acids is 1. The van der Waals surface area contributed by atoms with E-state index in [2.05, 4.69) is 4.74 Å². The molecule has 1 aliphatic heterocycles. The Bertz CT molecular complexity index is 516. The van der Waals surface area contributed by atoms with Crippen molar-refractivity contribution in [3.63, 3.8) is 0 Å². The molecule has 1 N–H and O–H groups in total. The molecule has 1 aromatic carbocycles. The standard InChI is InChI=1S/C14H17NO5/c1-19-12-6-4-3-5-9(12)10-7-15(14(18)20-2)8-11(10)13(16)17/h3-6,10-11H,7-8H2,1-2H3,(H,16,17). The second-order valence-corrected chi connectivity index (χ2v) is 4.67. The van der Waals surface area contributed by atoms with E-state index in [1.54, 1.807) is 13.2 Å². The number of carbonyl (C=O) groups excluding carboxylic acids is 1. The molecule has 0 radical (unpaired) electrons. The minimum atomic E-state index is -0.924. The molecule has 0 aliphatic carbocycles. The second-order valence-electron chi connectivity index (χ2n) is 4.67. The Morgan fingerprint density at radius 2 is 1.95 bits per heavy atom. The maximum absolute atomic E-state index is 11.6. The molecular formula is C14H17NO5. The van der Waals surface area contributed by atoms with Gasteiger partial charge >= 0.3 is 12.1 Å². The van der Waals surface area contributed by atoms with Crippen LogP contribution in [0.3, 0.4) is 0 Å². The van der Waals surface area contributed by atoms with Gasteiger partial charge in [0.25, 0.3) is 0 Å². The molecule has 1 fully saturated rings. The topological polar surface area (TPSA) is 76.1 Å². The molecule has 2 rings (SSSR count). The van der Waals surface area contributed by atoms with Gasteiger partial charge in [-0.25, -0.2) is 4.79 Å². The van der Waals surface area contributed by atoms with Crippen molar-refractivity contribution in [1.29, 1.82) is 0 Å². The maximum Gasteiger partial charge on any atom is 0.409 e.